The second-order valence-electron chi connectivity index (χ2n) is 6.22. The Morgan fingerprint density at radius 2 is 1.67 bits per heavy atom. The highest BCUT2D eigenvalue weighted by Crippen LogP contribution is 2.46. The first-order chi connectivity index (χ1) is 6.96. The van der Waals surface area contributed by atoms with E-state index in [1.165, 1.54) is 19.3 Å². The van der Waals surface area contributed by atoms with Gasteiger partial charge < -0.3 is 4.90 Å². The average Bonchev–Trinajstić information content (AvgIpc) is 2.45. The second kappa shape index (κ2) is 3.50. The molecule has 0 bridgehead atoms. The third kappa shape index (κ3) is 1.79. The molecule has 0 aromatic carbocycles. The Balaban J connectivity index is 2.16. The number of amides is 1. The van der Waals surface area contributed by atoms with Gasteiger partial charge in [0.25, 0.3) is 0 Å². The summed E-state index contributed by atoms with van der Waals surface area (Å²) in [6, 6.07) is 0. The van der Waals surface area contributed by atoms with Gasteiger partial charge in [-0.15, -0.1) is 0 Å². The first kappa shape index (κ1) is 11.0. The molecule has 2 fully saturated rings. The lowest BCUT2D eigenvalue weighted by Gasteiger charge is -2.36. The topological polar surface area (TPSA) is 20.3 Å². The summed E-state index contributed by atoms with van der Waals surface area (Å²) in [4.78, 5) is 14.6. The Bertz CT molecular complexity index is 258. The Kier molecular flexibility index (Phi) is 2.56. The SMILES string of the molecule is CC(C)(C)N1CCC2(CCCCC2)C1=O. The first-order valence-electron chi connectivity index (χ1n) is 6.28. The van der Waals surface area contributed by atoms with E-state index in [9.17, 15) is 4.79 Å². The molecule has 15 heavy (non-hydrogen) atoms. The number of nitrogens with zero attached hydrogens (tertiary/aromatic N) is 1. The van der Waals surface area contributed by atoms with Gasteiger partial charge in [-0.05, 0) is 40.0 Å². The Morgan fingerprint density at radius 3 is 2.13 bits per heavy atom. The maximum absolute atomic E-state index is 12.5. The predicted octanol–water partition coefficient (Wildman–Crippen LogP) is 2.97. The van der Waals surface area contributed by atoms with Crippen molar-refractivity contribution < 1.29 is 4.79 Å². The molecule has 1 aliphatic carbocycles. The van der Waals surface area contributed by atoms with E-state index in [1.54, 1.807) is 0 Å². The van der Waals surface area contributed by atoms with E-state index in [2.05, 4.69) is 25.7 Å². The van der Waals surface area contributed by atoms with Gasteiger partial charge in [0, 0.05) is 12.1 Å². The third-order valence-corrected chi connectivity index (χ3v) is 4.13. The minimum absolute atomic E-state index is 0.0119. The number of rotatable bonds is 0. The van der Waals surface area contributed by atoms with Gasteiger partial charge in [0.2, 0.25) is 5.91 Å². The van der Waals surface area contributed by atoms with Crippen LogP contribution in [0.4, 0.5) is 0 Å². The summed E-state index contributed by atoms with van der Waals surface area (Å²) < 4.78 is 0. The maximum atomic E-state index is 12.5. The van der Waals surface area contributed by atoms with Gasteiger partial charge in [0.05, 0.1) is 5.41 Å². The zero-order valence-electron chi connectivity index (χ0n) is 10.3. The highest BCUT2D eigenvalue weighted by molar-refractivity contribution is 5.85. The molecule has 2 heteroatoms. The lowest BCUT2D eigenvalue weighted by Crippen LogP contribution is -2.46. The number of carbonyl (C=O) groups excluding carboxylic acids is 1. The van der Waals surface area contributed by atoms with Crippen LogP contribution in [0.2, 0.25) is 0 Å². The van der Waals surface area contributed by atoms with Crippen LogP contribution in [-0.2, 0) is 4.79 Å². The first-order valence-corrected chi connectivity index (χ1v) is 6.28. The number of likely N-dealkylation sites (tertiary alicyclic amines) is 1. The molecule has 1 saturated heterocycles. The maximum Gasteiger partial charge on any atom is 0.229 e. The largest absolute Gasteiger partial charge is 0.337 e. The molecule has 1 spiro atoms. The summed E-state index contributed by atoms with van der Waals surface area (Å²) in [7, 11) is 0. The molecule has 86 valence electrons. The average molecular weight is 209 g/mol. The molecule has 0 atom stereocenters. The molecule has 0 unspecified atom stereocenters. The molecule has 0 aromatic heterocycles. The van der Waals surface area contributed by atoms with Crippen LogP contribution in [0.25, 0.3) is 0 Å². The fraction of sp³-hybridized carbons (Fsp3) is 0.923. The fourth-order valence-corrected chi connectivity index (χ4v) is 3.15. The van der Waals surface area contributed by atoms with Gasteiger partial charge in [-0.1, -0.05) is 19.3 Å². The second-order valence-corrected chi connectivity index (χ2v) is 6.22. The van der Waals surface area contributed by atoms with E-state index in [1.807, 2.05) is 0 Å². The molecule has 0 N–H and O–H groups in total. The zero-order valence-corrected chi connectivity index (χ0v) is 10.3. The van der Waals surface area contributed by atoms with Gasteiger partial charge >= 0.3 is 0 Å². The molecular formula is C13H23NO. The van der Waals surface area contributed by atoms with Gasteiger partial charge in [-0.2, -0.15) is 0 Å². The molecule has 0 aromatic rings. The smallest absolute Gasteiger partial charge is 0.229 e. The molecule has 1 aliphatic heterocycles. The van der Waals surface area contributed by atoms with Gasteiger partial charge in [0.1, 0.15) is 0 Å². The minimum Gasteiger partial charge on any atom is -0.337 e. The van der Waals surface area contributed by atoms with Crippen molar-refractivity contribution in [1.29, 1.82) is 0 Å². The van der Waals surface area contributed by atoms with Crippen LogP contribution < -0.4 is 0 Å². The van der Waals surface area contributed by atoms with Crippen molar-refractivity contribution >= 4 is 5.91 Å². The fourth-order valence-electron chi connectivity index (χ4n) is 3.15. The summed E-state index contributed by atoms with van der Waals surface area (Å²) in [6.07, 6.45) is 7.21. The number of carbonyl (C=O) groups is 1. The summed E-state index contributed by atoms with van der Waals surface area (Å²) in [6.45, 7) is 7.41. The van der Waals surface area contributed by atoms with E-state index in [4.69, 9.17) is 0 Å². The molecule has 2 nitrogen and oxygen atoms in total. The summed E-state index contributed by atoms with van der Waals surface area (Å²) in [5.74, 6) is 0.440. The van der Waals surface area contributed by atoms with Crippen molar-refractivity contribution in [3.8, 4) is 0 Å². The molecule has 1 amide bonds. The Hall–Kier alpha value is -0.530. The van der Waals surface area contributed by atoms with Crippen molar-refractivity contribution in [3.63, 3.8) is 0 Å². The van der Waals surface area contributed by atoms with Crippen LogP contribution in [0.1, 0.15) is 59.3 Å². The van der Waals surface area contributed by atoms with Crippen molar-refractivity contribution in [3.05, 3.63) is 0 Å². The summed E-state index contributed by atoms with van der Waals surface area (Å²) in [5.41, 5.74) is 0.0591. The number of hydrogen-bond donors (Lipinski definition) is 0. The van der Waals surface area contributed by atoms with Gasteiger partial charge in [0.15, 0.2) is 0 Å². The summed E-state index contributed by atoms with van der Waals surface area (Å²) in [5, 5.41) is 0. The van der Waals surface area contributed by atoms with Crippen LogP contribution >= 0.6 is 0 Å². The lowest BCUT2D eigenvalue weighted by molar-refractivity contribution is -0.141. The number of hydrogen-bond acceptors (Lipinski definition) is 1. The van der Waals surface area contributed by atoms with E-state index in [0.717, 1.165) is 25.8 Å². The normalized spacial score (nSPS) is 26.3. The molecule has 2 rings (SSSR count). The predicted molar refractivity (Wildman–Crippen MR) is 61.6 cm³/mol. The van der Waals surface area contributed by atoms with E-state index >= 15 is 0 Å². The van der Waals surface area contributed by atoms with Gasteiger partial charge in [-0.25, -0.2) is 0 Å². The van der Waals surface area contributed by atoms with Crippen molar-refractivity contribution in [1.82, 2.24) is 4.90 Å². The summed E-state index contributed by atoms with van der Waals surface area (Å²) >= 11 is 0. The van der Waals surface area contributed by atoms with Crippen molar-refractivity contribution in [2.24, 2.45) is 5.41 Å². The zero-order chi connectivity index (χ0) is 11.1. The quantitative estimate of drug-likeness (QED) is 0.600. The van der Waals surface area contributed by atoms with Gasteiger partial charge in [-0.3, -0.25) is 4.79 Å². The molecule has 1 heterocycles. The molecule has 2 aliphatic rings. The van der Waals surface area contributed by atoms with Crippen LogP contribution in [0.15, 0.2) is 0 Å². The standard InChI is InChI=1S/C13H23NO/c1-12(2,3)14-10-9-13(11(14)15)7-5-4-6-8-13/h4-10H2,1-3H3. The monoisotopic (exact) mass is 209 g/mol. The van der Waals surface area contributed by atoms with Crippen LogP contribution in [0.5, 0.6) is 0 Å². The van der Waals surface area contributed by atoms with E-state index in [0.29, 0.717) is 5.91 Å². The van der Waals surface area contributed by atoms with Crippen LogP contribution in [0, 0.1) is 5.41 Å². The molecule has 0 radical (unpaired) electrons. The van der Waals surface area contributed by atoms with E-state index in [-0.39, 0.29) is 11.0 Å². The van der Waals surface area contributed by atoms with Crippen LogP contribution in [-0.4, -0.2) is 22.9 Å². The van der Waals surface area contributed by atoms with Crippen molar-refractivity contribution in [2.45, 2.75) is 64.8 Å². The Morgan fingerprint density at radius 1 is 1.07 bits per heavy atom. The molecule has 1 saturated carbocycles. The van der Waals surface area contributed by atoms with E-state index < -0.39 is 0 Å². The minimum atomic E-state index is 0.0119. The Labute approximate surface area is 93.0 Å². The van der Waals surface area contributed by atoms with Crippen LogP contribution in [0.3, 0.4) is 0 Å². The molecular weight excluding hydrogens is 186 g/mol. The highest BCUT2D eigenvalue weighted by atomic mass is 16.2. The third-order valence-electron chi connectivity index (χ3n) is 4.13. The highest BCUT2D eigenvalue weighted by Gasteiger charge is 2.49. The van der Waals surface area contributed by atoms with Crippen molar-refractivity contribution in [2.75, 3.05) is 6.54 Å². The lowest BCUT2D eigenvalue weighted by atomic mass is 9.73.